The molecule has 4 aromatic rings. The van der Waals surface area contributed by atoms with Crippen LogP contribution in [-0.4, -0.2) is 28.0 Å². The number of aliphatic hydroxyl groups excluding tert-OH is 2. The van der Waals surface area contributed by atoms with Crippen molar-refractivity contribution in [1.82, 2.24) is 0 Å². The van der Waals surface area contributed by atoms with Crippen LogP contribution in [0.15, 0.2) is 48.5 Å². The molecule has 0 fully saturated rings. The Labute approximate surface area is 191 Å². The van der Waals surface area contributed by atoms with Crippen LogP contribution in [-0.2, 0) is 13.2 Å². The second-order valence-corrected chi connectivity index (χ2v) is 9.86. The molecule has 0 spiro atoms. The number of allylic oxidation sites excluding steroid dienone is 2. The van der Waals surface area contributed by atoms with E-state index in [0.29, 0.717) is 9.40 Å². The summed E-state index contributed by atoms with van der Waals surface area (Å²) in [4.78, 5) is -0.246. The monoisotopic (exact) mass is 500 g/mol. The lowest BCUT2D eigenvalue weighted by atomic mass is 9.91. The minimum atomic E-state index is -5.73. The molecule has 0 bridgehead atoms. The Kier molecular flexibility index (Phi) is 4.95. The van der Waals surface area contributed by atoms with E-state index in [2.05, 4.69) is 0 Å². The van der Waals surface area contributed by atoms with Gasteiger partial charge in [-0.3, -0.25) is 0 Å². The van der Waals surface area contributed by atoms with E-state index in [1.165, 1.54) is 36.4 Å². The molecule has 2 aromatic heterocycles. The van der Waals surface area contributed by atoms with Gasteiger partial charge in [0.25, 0.3) is 0 Å². The Bertz CT molecular complexity index is 1330. The van der Waals surface area contributed by atoms with Gasteiger partial charge >= 0.3 is 17.8 Å². The lowest BCUT2D eigenvalue weighted by Gasteiger charge is -2.26. The minimum Gasteiger partial charge on any atom is -0.391 e. The van der Waals surface area contributed by atoms with Crippen molar-refractivity contribution in [2.24, 2.45) is 0 Å². The first-order chi connectivity index (χ1) is 15.6. The summed E-state index contributed by atoms with van der Waals surface area (Å²) < 4.78 is 91.7. The van der Waals surface area contributed by atoms with Gasteiger partial charge in [0.1, 0.15) is 0 Å². The summed E-state index contributed by atoms with van der Waals surface area (Å²) >= 11 is 1.74. The highest BCUT2D eigenvalue weighted by molar-refractivity contribution is 7.19. The molecule has 0 atom stereocenters. The lowest BCUT2D eigenvalue weighted by molar-refractivity contribution is -0.254. The smallest absolute Gasteiger partial charge is 0.380 e. The van der Waals surface area contributed by atoms with Crippen LogP contribution in [0.25, 0.3) is 31.3 Å². The number of hydrogen-bond acceptors (Lipinski definition) is 4. The van der Waals surface area contributed by atoms with Gasteiger partial charge in [-0.1, -0.05) is 36.4 Å². The Balaban J connectivity index is 2.01. The van der Waals surface area contributed by atoms with Crippen LogP contribution in [0.3, 0.4) is 0 Å². The summed E-state index contributed by atoms with van der Waals surface area (Å²) in [6.45, 7) is -1.59. The van der Waals surface area contributed by atoms with Crippen LogP contribution in [0.1, 0.15) is 20.9 Å². The van der Waals surface area contributed by atoms with Crippen molar-refractivity contribution in [3.05, 3.63) is 69.4 Å². The predicted octanol–water partition coefficient (Wildman–Crippen LogP) is 6.93. The Hall–Kier alpha value is -2.40. The molecule has 0 amide bonds. The lowest BCUT2D eigenvalue weighted by Crippen LogP contribution is -2.49. The van der Waals surface area contributed by atoms with Crippen LogP contribution in [0.4, 0.5) is 26.3 Å². The van der Waals surface area contributed by atoms with Gasteiger partial charge in [-0.15, -0.1) is 22.7 Å². The van der Waals surface area contributed by atoms with E-state index in [1.807, 2.05) is 0 Å². The van der Waals surface area contributed by atoms with Crippen LogP contribution in [0.5, 0.6) is 0 Å². The summed E-state index contributed by atoms with van der Waals surface area (Å²) in [6.07, 6.45) is 0. The van der Waals surface area contributed by atoms with Gasteiger partial charge in [-0.2, -0.15) is 26.3 Å². The molecule has 2 N–H and O–H groups in total. The normalized spacial score (nSPS) is 19.2. The fraction of sp³-hybridized carbons (Fsp3) is 0.217. The maximum atomic E-state index is 15.3. The second kappa shape index (κ2) is 7.30. The summed E-state index contributed by atoms with van der Waals surface area (Å²) in [7, 11) is 0. The zero-order valence-corrected chi connectivity index (χ0v) is 18.1. The maximum Gasteiger partial charge on any atom is 0.380 e. The molecule has 33 heavy (non-hydrogen) atoms. The number of rotatable bonds is 4. The molecule has 5 rings (SSSR count). The van der Waals surface area contributed by atoms with Crippen LogP contribution < -0.4 is 0 Å². The number of fused-ring (bicyclic) bond motifs is 2. The summed E-state index contributed by atoms with van der Waals surface area (Å²) in [5.74, 6) is -16.2. The number of aliphatic hydroxyl groups is 2. The van der Waals surface area contributed by atoms with E-state index in [4.69, 9.17) is 0 Å². The summed E-state index contributed by atoms with van der Waals surface area (Å²) in [5.41, 5.74) is -4.07. The van der Waals surface area contributed by atoms with Crippen molar-refractivity contribution in [3.63, 3.8) is 0 Å². The third-order valence-corrected chi connectivity index (χ3v) is 8.10. The van der Waals surface area contributed by atoms with Crippen molar-refractivity contribution >= 4 is 54.0 Å². The Morgan fingerprint density at radius 2 is 0.970 bits per heavy atom. The molecular weight excluding hydrogens is 486 g/mol. The third kappa shape index (κ3) is 2.81. The summed E-state index contributed by atoms with van der Waals surface area (Å²) in [6, 6.07) is 11.9. The zero-order valence-electron chi connectivity index (χ0n) is 16.5. The highest BCUT2D eigenvalue weighted by atomic mass is 32.1. The molecule has 0 unspecified atom stereocenters. The van der Waals surface area contributed by atoms with Crippen molar-refractivity contribution < 1.29 is 36.6 Å². The van der Waals surface area contributed by atoms with E-state index >= 15 is 17.6 Å². The molecule has 0 radical (unpaired) electrons. The van der Waals surface area contributed by atoms with Crippen molar-refractivity contribution in [2.75, 3.05) is 0 Å². The van der Waals surface area contributed by atoms with Crippen LogP contribution in [0.2, 0.25) is 0 Å². The van der Waals surface area contributed by atoms with E-state index < -0.39 is 53.3 Å². The predicted molar refractivity (Wildman–Crippen MR) is 117 cm³/mol. The van der Waals surface area contributed by atoms with Crippen molar-refractivity contribution in [3.8, 4) is 0 Å². The largest absolute Gasteiger partial charge is 0.391 e. The molecule has 172 valence electrons. The van der Waals surface area contributed by atoms with Crippen molar-refractivity contribution in [1.29, 1.82) is 0 Å². The summed E-state index contributed by atoms with van der Waals surface area (Å²) in [5, 5.41) is 19.8. The van der Waals surface area contributed by atoms with E-state index in [0.717, 1.165) is 22.7 Å². The van der Waals surface area contributed by atoms with Gasteiger partial charge < -0.3 is 10.2 Å². The molecule has 1 aliphatic rings. The topological polar surface area (TPSA) is 40.5 Å². The number of thiophene rings is 2. The molecule has 2 aromatic carbocycles. The quantitative estimate of drug-likeness (QED) is 0.298. The molecule has 1 aliphatic carbocycles. The molecular formula is C23H14F6O2S2. The number of halogens is 6. The van der Waals surface area contributed by atoms with Crippen LogP contribution in [0, 0.1) is 0 Å². The maximum absolute atomic E-state index is 15.3. The first kappa shape index (κ1) is 22.4. The molecule has 2 nitrogen and oxygen atoms in total. The van der Waals surface area contributed by atoms with E-state index in [1.54, 1.807) is 12.1 Å². The van der Waals surface area contributed by atoms with E-state index in [-0.39, 0.29) is 20.5 Å². The average Bonchev–Trinajstić information content (AvgIpc) is 3.36. The number of alkyl halides is 6. The molecule has 10 heteroatoms. The molecule has 0 aliphatic heterocycles. The highest BCUT2D eigenvalue weighted by Crippen LogP contribution is 2.67. The van der Waals surface area contributed by atoms with Gasteiger partial charge in [0.2, 0.25) is 0 Å². The minimum absolute atomic E-state index is 0.0670. The SMILES string of the molecule is OCc1sc2ccccc2c1C1=C(c2c(CO)sc3ccccc23)C(F)(F)C(F)(F)C1(F)F. The first-order valence-corrected chi connectivity index (χ1v) is 11.3. The van der Waals surface area contributed by atoms with Crippen molar-refractivity contribution in [2.45, 2.75) is 31.0 Å². The Morgan fingerprint density at radius 1 is 0.606 bits per heavy atom. The third-order valence-electron chi connectivity index (χ3n) is 5.79. The van der Waals surface area contributed by atoms with Gasteiger partial charge in [-0.05, 0) is 12.1 Å². The van der Waals surface area contributed by atoms with Crippen LogP contribution >= 0.6 is 22.7 Å². The van der Waals surface area contributed by atoms with Gasteiger partial charge in [0.15, 0.2) is 0 Å². The molecule has 0 saturated heterocycles. The molecule has 2 heterocycles. The second-order valence-electron chi connectivity index (χ2n) is 7.58. The standard InChI is InChI=1S/C23H14F6O2S2/c24-21(25)19(17-11-5-1-3-7-13(11)32-15(17)9-30)20(22(26,27)23(21,28)29)18-12-6-2-4-8-14(12)33-16(18)10-31/h1-8,30-31H,9-10H2. The fourth-order valence-electron chi connectivity index (χ4n) is 4.35. The fourth-order valence-corrected chi connectivity index (χ4v) is 6.49. The highest BCUT2D eigenvalue weighted by Gasteiger charge is 2.80. The average molecular weight is 500 g/mol. The first-order valence-electron chi connectivity index (χ1n) is 9.69. The molecule has 0 saturated carbocycles. The zero-order chi connectivity index (χ0) is 23.8. The van der Waals surface area contributed by atoms with E-state index in [9.17, 15) is 19.0 Å². The van der Waals surface area contributed by atoms with Gasteiger partial charge in [0.05, 0.1) is 13.2 Å². The Morgan fingerprint density at radius 3 is 1.33 bits per heavy atom. The van der Waals surface area contributed by atoms with Gasteiger partial charge in [-0.25, -0.2) is 0 Å². The number of hydrogen-bond donors (Lipinski definition) is 2. The van der Waals surface area contributed by atoms with Gasteiger partial charge in [0, 0.05) is 52.2 Å². The number of benzene rings is 2.